The van der Waals surface area contributed by atoms with Gasteiger partial charge in [-0.15, -0.1) is 5.10 Å². The molecule has 0 unspecified atom stereocenters. The number of hydrogen-bond acceptors (Lipinski definition) is 5. The van der Waals surface area contributed by atoms with Crippen LogP contribution in [-0.2, 0) is 6.54 Å². The maximum Gasteiger partial charge on any atom is 0.280 e. The molecule has 4 rings (SSSR count). The van der Waals surface area contributed by atoms with Crippen molar-refractivity contribution in [1.29, 1.82) is 0 Å². The van der Waals surface area contributed by atoms with Gasteiger partial charge in [-0.1, -0.05) is 65.3 Å². The number of nitrogens with one attached hydrogen (secondary N) is 1. The van der Waals surface area contributed by atoms with Crippen LogP contribution in [0.1, 0.15) is 16.1 Å². The van der Waals surface area contributed by atoms with Gasteiger partial charge < -0.3 is 4.52 Å². The Morgan fingerprint density at radius 3 is 2.70 bits per heavy atom. The van der Waals surface area contributed by atoms with Crippen LogP contribution in [0.25, 0.3) is 11.3 Å². The van der Waals surface area contributed by atoms with Crippen molar-refractivity contribution in [2.24, 2.45) is 0 Å². The van der Waals surface area contributed by atoms with E-state index in [0.717, 1.165) is 11.1 Å². The first kappa shape index (κ1) is 17.0. The van der Waals surface area contributed by atoms with Gasteiger partial charge >= 0.3 is 0 Å². The number of anilines is 1. The third kappa shape index (κ3) is 3.88. The Kier molecular flexibility index (Phi) is 4.67. The smallest absolute Gasteiger partial charge is 0.280 e. The van der Waals surface area contributed by atoms with E-state index in [9.17, 15) is 4.79 Å². The van der Waals surface area contributed by atoms with Gasteiger partial charge in [-0.3, -0.25) is 10.1 Å². The molecule has 27 heavy (non-hydrogen) atoms. The number of aromatic nitrogens is 4. The zero-order valence-corrected chi connectivity index (χ0v) is 14.8. The second-order valence-electron chi connectivity index (χ2n) is 5.75. The van der Waals surface area contributed by atoms with Gasteiger partial charge in [0.15, 0.2) is 11.5 Å². The van der Waals surface area contributed by atoms with E-state index in [-0.39, 0.29) is 11.6 Å². The van der Waals surface area contributed by atoms with E-state index in [4.69, 9.17) is 16.1 Å². The Bertz CT molecular complexity index is 1070. The summed E-state index contributed by atoms with van der Waals surface area (Å²) in [6.07, 6.45) is 1.52. The maximum absolute atomic E-state index is 12.3. The summed E-state index contributed by atoms with van der Waals surface area (Å²) < 4.78 is 6.83. The second kappa shape index (κ2) is 7.43. The van der Waals surface area contributed by atoms with Crippen molar-refractivity contribution in [1.82, 2.24) is 19.9 Å². The number of halogens is 1. The van der Waals surface area contributed by atoms with Crippen LogP contribution in [0.5, 0.6) is 0 Å². The number of hydrogen-bond donors (Lipinski definition) is 1. The van der Waals surface area contributed by atoms with E-state index in [1.807, 2.05) is 54.6 Å². The Hall–Kier alpha value is -3.45. The lowest BCUT2D eigenvalue weighted by Gasteiger charge is -2.03. The van der Waals surface area contributed by atoms with Crippen LogP contribution >= 0.6 is 11.6 Å². The van der Waals surface area contributed by atoms with Crippen molar-refractivity contribution < 1.29 is 9.32 Å². The van der Waals surface area contributed by atoms with Gasteiger partial charge in [0.2, 0.25) is 5.95 Å². The molecule has 0 atom stereocenters. The van der Waals surface area contributed by atoms with E-state index in [2.05, 4.69) is 20.6 Å². The predicted octanol–water partition coefficient (Wildman–Crippen LogP) is 3.89. The van der Waals surface area contributed by atoms with Crippen molar-refractivity contribution in [3.8, 4) is 11.3 Å². The standard InChI is InChI=1S/C19H14ClN5O2/c20-15-9-5-4-8-14(15)11-25-12-21-19(23-25)22-18(26)16-10-17(27-24-16)13-6-2-1-3-7-13/h1-10,12H,11H2,(H,22,23,26). The molecule has 1 N–H and O–H groups in total. The molecule has 0 radical (unpaired) electrons. The molecule has 2 aromatic carbocycles. The second-order valence-corrected chi connectivity index (χ2v) is 6.16. The molecule has 2 aromatic heterocycles. The molecular formula is C19H14ClN5O2. The minimum atomic E-state index is -0.448. The van der Waals surface area contributed by atoms with Crippen molar-refractivity contribution >= 4 is 23.5 Å². The maximum atomic E-state index is 12.3. The number of rotatable bonds is 5. The fourth-order valence-electron chi connectivity index (χ4n) is 2.52. The molecule has 0 saturated carbocycles. The summed E-state index contributed by atoms with van der Waals surface area (Å²) in [5.74, 6) is 0.241. The van der Waals surface area contributed by atoms with Crippen LogP contribution in [0.15, 0.2) is 71.5 Å². The molecule has 4 aromatic rings. The van der Waals surface area contributed by atoms with E-state index in [1.54, 1.807) is 10.7 Å². The Morgan fingerprint density at radius 1 is 1.11 bits per heavy atom. The number of carbonyl (C=O) groups excluding carboxylic acids is 1. The summed E-state index contributed by atoms with van der Waals surface area (Å²) in [5.41, 5.74) is 1.90. The number of benzene rings is 2. The van der Waals surface area contributed by atoms with E-state index in [1.165, 1.54) is 6.33 Å². The highest BCUT2D eigenvalue weighted by atomic mass is 35.5. The normalized spacial score (nSPS) is 10.7. The van der Waals surface area contributed by atoms with E-state index < -0.39 is 5.91 Å². The van der Waals surface area contributed by atoms with Gasteiger partial charge in [0.25, 0.3) is 5.91 Å². The highest BCUT2D eigenvalue weighted by Crippen LogP contribution is 2.20. The van der Waals surface area contributed by atoms with Crippen LogP contribution in [-0.4, -0.2) is 25.8 Å². The number of amides is 1. The topological polar surface area (TPSA) is 85.8 Å². The fraction of sp³-hybridized carbons (Fsp3) is 0.0526. The average molecular weight is 380 g/mol. The molecule has 0 aliphatic heterocycles. The van der Waals surface area contributed by atoms with Crippen LogP contribution < -0.4 is 5.32 Å². The van der Waals surface area contributed by atoms with Crippen molar-refractivity contribution in [3.63, 3.8) is 0 Å². The molecule has 0 bridgehead atoms. The van der Waals surface area contributed by atoms with Crippen molar-refractivity contribution in [2.45, 2.75) is 6.54 Å². The molecule has 7 nitrogen and oxygen atoms in total. The van der Waals surface area contributed by atoms with Crippen LogP contribution in [0.2, 0.25) is 5.02 Å². The minimum Gasteiger partial charge on any atom is -0.355 e. The molecular weight excluding hydrogens is 366 g/mol. The number of nitrogens with zero attached hydrogens (tertiary/aromatic N) is 4. The third-order valence-electron chi connectivity index (χ3n) is 3.85. The average Bonchev–Trinajstić information content (AvgIpc) is 3.34. The molecule has 0 aliphatic rings. The first-order valence-electron chi connectivity index (χ1n) is 8.15. The summed E-state index contributed by atoms with van der Waals surface area (Å²) in [6, 6.07) is 18.5. The molecule has 134 valence electrons. The Balaban J connectivity index is 1.44. The first-order chi connectivity index (χ1) is 13.2. The quantitative estimate of drug-likeness (QED) is 0.568. The van der Waals surface area contributed by atoms with Crippen LogP contribution in [0.4, 0.5) is 5.95 Å². The molecule has 1 amide bonds. The molecule has 8 heteroatoms. The van der Waals surface area contributed by atoms with Gasteiger partial charge in [-0.2, -0.15) is 0 Å². The van der Waals surface area contributed by atoms with E-state index in [0.29, 0.717) is 17.3 Å². The van der Waals surface area contributed by atoms with Crippen LogP contribution in [0.3, 0.4) is 0 Å². The first-order valence-corrected chi connectivity index (χ1v) is 8.53. The summed E-state index contributed by atoms with van der Waals surface area (Å²) in [6.45, 7) is 0.449. The van der Waals surface area contributed by atoms with E-state index >= 15 is 0 Å². The van der Waals surface area contributed by atoms with Gasteiger partial charge in [0.05, 0.1) is 6.54 Å². The van der Waals surface area contributed by atoms with Gasteiger partial charge in [0, 0.05) is 16.7 Å². The van der Waals surface area contributed by atoms with Gasteiger partial charge in [0.1, 0.15) is 6.33 Å². The molecule has 0 saturated heterocycles. The minimum absolute atomic E-state index is 0.149. The largest absolute Gasteiger partial charge is 0.355 e. The summed E-state index contributed by atoms with van der Waals surface area (Å²) in [5, 5.41) is 11.3. The number of carbonyl (C=O) groups is 1. The molecule has 0 spiro atoms. The zero-order valence-electron chi connectivity index (χ0n) is 14.0. The highest BCUT2D eigenvalue weighted by molar-refractivity contribution is 6.31. The fourth-order valence-corrected chi connectivity index (χ4v) is 2.71. The summed E-state index contributed by atoms with van der Waals surface area (Å²) in [4.78, 5) is 16.4. The van der Waals surface area contributed by atoms with Gasteiger partial charge in [-0.05, 0) is 11.6 Å². The lowest BCUT2D eigenvalue weighted by atomic mass is 10.1. The predicted molar refractivity (Wildman–Crippen MR) is 100 cm³/mol. The Labute approximate surface area is 159 Å². The lowest BCUT2D eigenvalue weighted by Crippen LogP contribution is -2.13. The molecule has 0 aliphatic carbocycles. The van der Waals surface area contributed by atoms with Crippen molar-refractivity contribution in [2.75, 3.05) is 5.32 Å². The lowest BCUT2D eigenvalue weighted by molar-refractivity contribution is 0.101. The summed E-state index contributed by atoms with van der Waals surface area (Å²) >= 11 is 6.15. The monoisotopic (exact) mass is 379 g/mol. The van der Waals surface area contributed by atoms with Crippen molar-refractivity contribution in [3.05, 3.63) is 83.3 Å². The summed E-state index contributed by atoms with van der Waals surface area (Å²) in [7, 11) is 0. The zero-order chi connectivity index (χ0) is 18.6. The third-order valence-corrected chi connectivity index (χ3v) is 4.22. The SMILES string of the molecule is O=C(Nc1ncn(Cc2ccccc2Cl)n1)c1cc(-c2ccccc2)on1. The van der Waals surface area contributed by atoms with Crippen LogP contribution in [0, 0.1) is 0 Å². The van der Waals surface area contributed by atoms with Gasteiger partial charge in [-0.25, -0.2) is 9.67 Å². The Morgan fingerprint density at radius 2 is 1.89 bits per heavy atom. The highest BCUT2D eigenvalue weighted by Gasteiger charge is 2.15. The molecule has 2 heterocycles. The molecule has 0 fully saturated rings.